The summed E-state index contributed by atoms with van der Waals surface area (Å²) in [6, 6.07) is 5.64. The summed E-state index contributed by atoms with van der Waals surface area (Å²) in [5, 5.41) is 0. The Morgan fingerprint density at radius 2 is 1.93 bits per heavy atom. The maximum Gasteiger partial charge on any atom is 0.328 e. The quantitative estimate of drug-likeness (QED) is 0.717. The third-order valence-electron chi connectivity index (χ3n) is 5.11. The van der Waals surface area contributed by atoms with Crippen molar-refractivity contribution in [2.75, 3.05) is 10.8 Å². The van der Waals surface area contributed by atoms with Gasteiger partial charge in [-0.1, -0.05) is 43.9 Å². The molecule has 28 heavy (non-hydrogen) atoms. The number of nitrogens with one attached hydrogen (secondary N) is 1. The Bertz CT molecular complexity index is 1070. The predicted octanol–water partition coefficient (Wildman–Crippen LogP) is 2.57. The van der Waals surface area contributed by atoms with E-state index in [1.807, 2.05) is 19.1 Å². The van der Waals surface area contributed by atoms with E-state index in [4.69, 9.17) is 0 Å². The number of aryl methyl sites for hydroxylation is 3. The van der Waals surface area contributed by atoms with Crippen molar-refractivity contribution < 1.29 is 8.42 Å². The maximum absolute atomic E-state index is 13.3. The number of fused-ring (bicyclic) bond motifs is 1. The molecule has 1 aliphatic rings. The molecule has 1 aliphatic heterocycles. The van der Waals surface area contributed by atoms with Crippen LogP contribution in [0.2, 0.25) is 0 Å². The zero-order valence-corrected chi connectivity index (χ0v) is 17.2. The van der Waals surface area contributed by atoms with E-state index < -0.39 is 21.3 Å². The van der Waals surface area contributed by atoms with Crippen LogP contribution in [-0.2, 0) is 23.0 Å². The summed E-state index contributed by atoms with van der Waals surface area (Å²) in [4.78, 5) is 26.2. The minimum atomic E-state index is -4.06. The summed E-state index contributed by atoms with van der Waals surface area (Å²) < 4.78 is 29.2. The zero-order valence-electron chi connectivity index (χ0n) is 16.4. The minimum absolute atomic E-state index is 0.313. The van der Waals surface area contributed by atoms with Gasteiger partial charge in [-0.3, -0.25) is 18.7 Å². The van der Waals surface area contributed by atoms with E-state index in [1.165, 1.54) is 15.1 Å². The second kappa shape index (κ2) is 8.34. The number of rotatable bonds is 7. The van der Waals surface area contributed by atoms with E-state index in [1.54, 1.807) is 6.07 Å². The monoisotopic (exact) mass is 405 g/mol. The normalized spacial score (nSPS) is 14.1. The lowest BCUT2D eigenvalue weighted by molar-refractivity contribution is 0.547. The van der Waals surface area contributed by atoms with Crippen molar-refractivity contribution in [3.63, 3.8) is 0 Å². The number of aromatic nitrogens is 2. The van der Waals surface area contributed by atoms with E-state index in [-0.39, 0.29) is 4.90 Å². The van der Waals surface area contributed by atoms with Crippen molar-refractivity contribution in [3.05, 3.63) is 56.4 Å². The Kier molecular flexibility index (Phi) is 6.07. The van der Waals surface area contributed by atoms with Crippen LogP contribution < -0.4 is 15.6 Å². The van der Waals surface area contributed by atoms with Crippen LogP contribution in [0.1, 0.15) is 50.2 Å². The first-order valence-electron chi connectivity index (χ1n) is 9.80. The molecule has 0 saturated heterocycles. The van der Waals surface area contributed by atoms with Crippen LogP contribution in [0.3, 0.4) is 0 Å². The van der Waals surface area contributed by atoms with Gasteiger partial charge in [0.15, 0.2) is 4.90 Å². The number of sulfonamides is 1. The first-order valence-corrected chi connectivity index (χ1v) is 11.2. The van der Waals surface area contributed by atoms with E-state index in [2.05, 4.69) is 11.9 Å². The fraction of sp³-hybridized carbons (Fsp3) is 0.500. The smallest absolute Gasteiger partial charge is 0.299 e. The number of unbranched alkanes of at least 4 members (excludes halogenated alkanes) is 3. The van der Waals surface area contributed by atoms with Crippen LogP contribution >= 0.6 is 0 Å². The Morgan fingerprint density at radius 1 is 1.14 bits per heavy atom. The molecule has 0 fully saturated rings. The Labute approximate surface area is 165 Å². The van der Waals surface area contributed by atoms with Gasteiger partial charge >= 0.3 is 5.69 Å². The summed E-state index contributed by atoms with van der Waals surface area (Å²) in [5.41, 5.74) is 1.19. The minimum Gasteiger partial charge on any atom is -0.299 e. The molecule has 0 saturated carbocycles. The lowest BCUT2D eigenvalue weighted by Crippen LogP contribution is -2.41. The highest BCUT2D eigenvalue weighted by Crippen LogP contribution is 2.31. The van der Waals surface area contributed by atoms with Gasteiger partial charge in [0.25, 0.3) is 15.6 Å². The molecule has 1 aromatic heterocycles. The average molecular weight is 406 g/mol. The standard InChI is InChI=1S/C20H27N3O4S/c1-3-4-5-6-11-22-14-18(19(24)21-20(22)25)28(26,27)23-12-7-8-16-13-15(2)9-10-17(16)23/h9-10,13-14H,3-8,11-12H2,1-2H3,(H,21,24,25). The van der Waals surface area contributed by atoms with E-state index in [9.17, 15) is 18.0 Å². The summed E-state index contributed by atoms with van der Waals surface area (Å²) in [7, 11) is -4.06. The van der Waals surface area contributed by atoms with Gasteiger partial charge in [-0.2, -0.15) is 0 Å². The van der Waals surface area contributed by atoms with E-state index in [0.29, 0.717) is 25.2 Å². The van der Waals surface area contributed by atoms with Gasteiger partial charge < -0.3 is 0 Å². The average Bonchev–Trinajstić information content (AvgIpc) is 2.65. The topological polar surface area (TPSA) is 92.2 Å². The highest BCUT2D eigenvalue weighted by molar-refractivity contribution is 7.92. The Hall–Kier alpha value is -2.35. The van der Waals surface area contributed by atoms with Crippen LogP contribution in [0.25, 0.3) is 0 Å². The van der Waals surface area contributed by atoms with Crippen molar-refractivity contribution in [1.82, 2.24) is 9.55 Å². The van der Waals surface area contributed by atoms with Gasteiger partial charge in [0, 0.05) is 19.3 Å². The second-order valence-corrected chi connectivity index (χ2v) is 9.15. The molecule has 152 valence electrons. The number of nitrogens with zero attached hydrogens (tertiary/aromatic N) is 2. The van der Waals surface area contributed by atoms with Crippen LogP contribution in [0.15, 0.2) is 38.9 Å². The number of hydrogen-bond acceptors (Lipinski definition) is 4. The molecule has 1 N–H and O–H groups in total. The number of H-pyrrole nitrogens is 1. The fourth-order valence-electron chi connectivity index (χ4n) is 3.61. The highest BCUT2D eigenvalue weighted by Gasteiger charge is 2.31. The molecule has 1 aromatic carbocycles. The summed E-state index contributed by atoms with van der Waals surface area (Å²) in [5.74, 6) is 0. The predicted molar refractivity (Wildman–Crippen MR) is 109 cm³/mol. The molecule has 0 unspecified atom stereocenters. The van der Waals surface area contributed by atoms with Crippen LogP contribution in [0, 0.1) is 6.92 Å². The molecule has 3 rings (SSSR count). The van der Waals surface area contributed by atoms with Gasteiger partial charge in [0.2, 0.25) is 0 Å². The Balaban J connectivity index is 1.99. The Morgan fingerprint density at radius 3 is 2.68 bits per heavy atom. The molecular weight excluding hydrogens is 378 g/mol. The summed E-state index contributed by atoms with van der Waals surface area (Å²) in [6.07, 6.45) is 6.50. The number of benzene rings is 1. The van der Waals surface area contributed by atoms with Crippen molar-refractivity contribution in [2.45, 2.75) is 63.8 Å². The summed E-state index contributed by atoms with van der Waals surface area (Å²) >= 11 is 0. The van der Waals surface area contributed by atoms with Crippen molar-refractivity contribution in [3.8, 4) is 0 Å². The lowest BCUT2D eigenvalue weighted by Gasteiger charge is -2.30. The highest BCUT2D eigenvalue weighted by atomic mass is 32.2. The molecule has 2 aromatic rings. The van der Waals surface area contributed by atoms with Crippen LogP contribution in [0.5, 0.6) is 0 Å². The molecule has 7 nitrogen and oxygen atoms in total. The third-order valence-corrected chi connectivity index (χ3v) is 6.92. The van der Waals surface area contributed by atoms with Gasteiger partial charge in [-0.15, -0.1) is 0 Å². The SMILES string of the molecule is CCCCCCn1cc(S(=O)(=O)N2CCCc3cc(C)ccc32)c(=O)[nH]c1=O. The molecule has 0 bridgehead atoms. The number of hydrogen-bond donors (Lipinski definition) is 1. The molecule has 0 atom stereocenters. The molecular formula is C20H27N3O4S. The first kappa shape index (κ1) is 20.4. The molecule has 2 heterocycles. The van der Waals surface area contributed by atoms with Crippen LogP contribution in [0.4, 0.5) is 5.69 Å². The molecule has 0 amide bonds. The van der Waals surface area contributed by atoms with E-state index >= 15 is 0 Å². The second-order valence-electron chi connectivity index (χ2n) is 7.32. The van der Waals surface area contributed by atoms with Gasteiger partial charge in [0.05, 0.1) is 5.69 Å². The number of anilines is 1. The van der Waals surface area contributed by atoms with Crippen molar-refractivity contribution >= 4 is 15.7 Å². The van der Waals surface area contributed by atoms with Gasteiger partial charge in [-0.05, 0) is 37.8 Å². The van der Waals surface area contributed by atoms with E-state index in [0.717, 1.165) is 43.2 Å². The molecule has 0 spiro atoms. The molecule has 8 heteroatoms. The van der Waals surface area contributed by atoms with Crippen molar-refractivity contribution in [1.29, 1.82) is 0 Å². The zero-order chi connectivity index (χ0) is 20.3. The maximum atomic E-state index is 13.3. The fourth-order valence-corrected chi connectivity index (χ4v) is 5.20. The van der Waals surface area contributed by atoms with Gasteiger partial charge in [-0.25, -0.2) is 13.2 Å². The summed E-state index contributed by atoms with van der Waals surface area (Å²) in [6.45, 7) is 4.75. The first-order chi connectivity index (χ1) is 13.3. The van der Waals surface area contributed by atoms with Crippen molar-refractivity contribution in [2.24, 2.45) is 0 Å². The lowest BCUT2D eigenvalue weighted by atomic mass is 10.0. The van der Waals surface area contributed by atoms with Crippen LogP contribution in [-0.4, -0.2) is 24.5 Å². The largest absolute Gasteiger partial charge is 0.328 e. The third kappa shape index (κ3) is 4.06. The molecule has 0 aliphatic carbocycles. The number of aromatic amines is 1. The van der Waals surface area contributed by atoms with Gasteiger partial charge in [0.1, 0.15) is 0 Å². The molecule has 0 radical (unpaired) electrons.